The van der Waals surface area contributed by atoms with Crippen molar-refractivity contribution in [1.29, 1.82) is 0 Å². The Labute approximate surface area is 206 Å². The molecule has 0 aliphatic heterocycles. The first-order valence-corrected chi connectivity index (χ1v) is 14.0. The molecule has 0 heterocycles. The van der Waals surface area contributed by atoms with Crippen LogP contribution in [-0.2, 0) is 0 Å². The first kappa shape index (κ1) is 25.5. The zero-order chi connectivity index (χ0) is 23.9. The van der Waals surface area contributed by atoms with Crippen LogP contribution in [0.4, 0.5) is 8.78 Å². The number of allylic oxidation sites excluding steroid dienone is 2. The third-order valence-corrected chi connectivity index (χ3v) is 8.84. The van der Waals surface area contributed by atoms with E-state index in [1.165, 1.54) is 64.2 Å². The molecule has 0 bridgehead atoms. The molecule has 0 radical (unpaired) electrons. The van der Waals surface area contributed by atoms with E-state index in [1.54, 1.807) is 18.2 Å². The van der Waals surface area contributed by atoms with Crippen molar-refractivity contribution >= 4 is 6.08 Å². The number of rotatable bonds is 8. The van der Waals surface area contributed by atoms with Gasteiger partial charge in [-0.15, -0.1) is 0 Å². The van der Waals surface area contributed by atoms with Crippen LogP contribution in [0.15, 0.2) is 30.4 Å². The van der Waals surface area contributed by atoms with Gasteiger partial charge in [0.15, 0.2) is 11.6 Å². The normalized spacial score (nSPS) is 32.2. The van der Waals surface area contributed by atoms with Crippen LogP contribution in [0.1, 0.15) is 96.5 Å². The first-order chi connectivity index (χ1) is 16.5. The maximum absolute atomic E-state index is 14.7. The van der Waals surface area contributed by atoms with Gasteiger partial charge < -0.3 is 4.74 Å². The van der Waals surface area contributed by atoms with Gasteiger partial charge >= 0.3 is 0 Å². The van der Waals surface area contributed by atoms with Gasteiger partial charge in [-0.1, -0.05) is 57.4 Å². The standard InChI is InChI=1S/C31H44F2O/c1-3-4-23-7-9-25(10-8-23)21-34-29-20-19-28(30(32)31(29)33)18-13-24-11-16-27(17-12-24)26-14-5-22(2)6-15-26/h7,9,13,18-20,22-27H,3-6,8,10-12,14-17,21H2,1-2H3/b18-13+. The van der Waals surface area contributed by atoms with Crippen molar-refractivity contribution in [2.75, 3.05) is 6.61 Å². The number of hydrogen-bond acceptors (Lipinski definition) is 1. The molecule has 0 amide bonds. The van der Waals surface area contributed by atoms with E-state index < -0.39 is 11.6 Å². The summed E-state index contributed by atoms with van der Waals surface area (Å²) in [7, 11) is 0. The Morgan fingerprint density at radius 1 is 0.824 bits per heavy atom. The summed E-state index contributed by atoms with van der Waals surface area (Å²) in [5, 5.41) is 0. The second kappa shape index (κ2) is 12.4. The van der Waals surface area contributed by atoms with Crippen molar-refractivity contribution < 1.29 is 13.5 Å². The van der Waals surface area contributed by atoms with Crippen molar-refractivity contribution in [3.05, 3.63) is 47.6 Å². The van der Waals surface area contributed by atoms with Crippen molar-refractivity contribution in [3.63, 3.8) is 0 Å². The average Bonchev–Trinajstić information content (AvgIpc) is 2.86. The van der Waals surface area contributed by atoms with E-state index in [0.29, 0.717) is 24.0 Å². The van der Waals surface area contributed by atoms with E-state index in [4.69, 9.17) is 4.74 Å². The summed E-state index contributed by atoms with van der Waals surface area (Å²) in [6, 6.07) is 3.25. The Kier molecular flexibility index (Phi) is 9.25. The van der Waals surface area contributed by atoms with E-state index in [9.17, 15) is 8.78 Å². The van der Waals surface area contributed by atoms with Gasteiger partial charge in [-0.3, -0.25) is 0 Å². The van der Waals surface area contributed by atoms with Gasteiger partial charge in [0.2, 0.25) is 5.82 Å². The Morgan fingerprint density at radius 3 is 2.12 bits per heavy atom. The van der Waals surface area contributed by atoms with E-state index >= 15 is 0 Å². The summed E-state index contributed by atoms with van der Waals surface area (Å²) in [6.45, 7) is 5.00. The SMILES string of the molecule is CCCC1C=CC(COc2ccc(/C=C/C3CCC(C4CCC(C)CC4)CC3)c(F)c2F)CC1. The minimum atomic E-state index is -0.860. The molecular weight excluding hydrogens is 426 g/mol. The molecule has 4 rings (SSSR count). The lowest BCUT2D eigenvalue weighted by Gasteiger charge is -2.36. The maximum atomic E-state index is 14.7. The highest BCUT2D eigenvalue weighted by molar-refractivity contribution is 5.52. The molecule has 2 atom stereocenters. The molecule has 3 heteroatoms. The van der Waals surface area contributed by atoms with Crippen LogP contribution in [0.2, 0.25) is 0 Å². The van der Waals surface area contributed by atoms with E-state index in [0.717, 1.165) is 30.6 Å². The molecule has 3 aliphatic carbocycles. The Bertz CT molecular complexity index is 828. The lowest BCUT2D eigenvalue weighted by Crippen LogP contribution is -2.24. The van der Waals surface area contributed by atoms with Crippen molar-refractivity contribution in [2.24, 2.45) is 35.5 Å². The van der Waals surface area contributed by atoms with Gasteiger partial charge in [0.05, 0.1) is 6.61 Å². The molecule has 0 N–H and O–H groups in total. The highest BCUT2D eigenvalue weighted by Crippen LogP contribution is 2.41. The van der Waals surface area contributed by atoms with Crippen LogP contribution in [0, 0.1) is 47.1 Å². The second-order valence-electron chi connectivity index (χ2n) is 11.4. The van der Waals surface area contributed by atoms with Crippen LogP contribution in [0.25, 0.3) is 6.08 Å². The Balaban J connectivity index is 1.26. The van der Waals surface area contributed by atoms with Crippen molar-refractivity contribution in [1.82, 2.24) is 0 Å². The smallest absolute Gasteiger partial charge is 0.201 e. The molecule has 0 spiro atoms. The fourth-order valence-electron chi connectivity index (χ4n) is 6.47. The van der Waals surface area contributed by atoms with Gasteiger partial charge in [-0.05, 0) is 99.5 Å². The van der Waals surface area contributed by atoms with Crippen LogP contribution in [0.3, 0.4) is 0 Å². The molecule has 1 aromatic carbocycles. The molecule has 0 saturated heterocycles. The largest absolute Gasteiger partial charge is 0.490 e. The number of hydrogen-bond donors (Lipinski definition) is 0. The van der Waals surface area contributed by atoms with Crippen LogP contribution >= 0.6 is 0 Å². The Hall–Kier alpha value is -1.64. The van der Waals surface area contributed by atoms with Crippen LogP contribution in [-0.4, -0.2) is 6.61 Å². The Morgan fingerprint density at radius 2 is 1.47 bits per heavy atom. The predicted molar refractivity (Wildman–Crippen MR) is 138 cm³/mol. The van der Waals surface area contributed by atoms with Gasteiger partial charge in [0.1, 0.15) is 0 Å². The molecule has 3 aliphatic rings. The topological polar surface area (TPSA) is 9.23 Å². The van der Waals surface area contributed by atoms with Crippen LogP contribution in [0.5, 0.6) is 5.75 Å². The predicted octanol–water partition coefficient (Wildman–Crippen LogP) is 9.37. The van der Waals surface area contributed by atoms with Gasteiger partial charge in [-0.2, -0.15) is 4.39 Å². The average molecular weight is 471 g/mol. The first-order valence-electron chi connectivity index (χ1n) is 14.0. The minimum Gasteiger partial charge on any atom is -0.490 e. The molecule has 2 unspecified atom stereocenters. The summed E-state index contributed by atoms with van der Waals surface area (Å²) in [5.74, 6) is 2.50. The van der Waals surface area contributed by atoms with E-state index in [1.807, 2.05) is 0 Å². The number of halogens is 2. The molecule has 2 saturated carbocycles. The monoisotopic (exact) mass is 470 g/mol. The van der Waals surface area contributed by atoms with Gasteiger partial charge in [0.25, 0.3) is 0 Å². The molecular formula is C31H44F2O. The van der Waals surface area contributed by atoms with E-state index in [2.05, 4.69) is 32.1 Å². The molecule has 34 heavy (non-hydrogen) atoms. The highest BCUT2D eigenvalue weighted by Gasteiger charge is 2.29. The van der Waals surface area contributed by atoms with Gasteiger partial charge in [-0.25, -0.2) is 4.39 Å². The second-order valence-corrected chi connectivity index (χ2v) is 11.4. The van der Waals surface area contributed by atoms with Crippen molar-refractivity contribution in [2.45, 2.75) is 90.9 Å². The fraction of sp³-hybridized carbons (Fsp3) is 0.677. The third kappa shape index (κ3) is 6.73. The lowest BCUT2D eigenvalue weighted by atomic mass is 9.69. The zero-order valence-electron chi connectivity index (χ0n) is 21.3. The van der Waals surface area contributed by atoms with Gasteiger partial charge in [0, 0.05) is 11.5 Å². The summed E-state index contributed by atoms with van der Waals surface area (Å²) in [5.41, 5.74) is 0.327. The fourth-order valence-corrected chi connectivity index (χ4v) is 6.47. The lowest BCUT2D eigenvalue weighted by molar-refractivity contribution is 0.160. The van der Waals surface area contributed by atoms with Crippen LogP contribution < -0.4 is 4.74 Å². The van der Waals surface area contributed by atoms with E-state index in [-0.39, 0.29) is 11.7 Å². The summed E-state index contributed by atoms with van der Waals surface area (Å²) in [6.07, 6.45) is 23.5. The molecule has 1 nitrogen and oxygen atoms in total. The number of benzene rings is 1. The van der Waals surface area contributed by atoms with Crippen molar-refractivity contribution in [3.8, 4) is 5.75 Å². The molecule has 0 aromatic heterocycles. The maximum Gasteiger partial charge on any atom is 0.201 e. The summed E-state index contributed by atoms with van der Waals surface area (Å²) >= 11 is 0. The molecule has 2 fully saturated rings. The quantitative estimate of drug-likeness (QED) is 0.344. The molecule has 1 aromatic rings. The minimum absolute atomic E-state index is 0.0287. The molecule has 188 valence electrons. The highest BCUT2D eigenvalue weighted by atomic mass is 19.2. The summed E-state index contributed by atoms with van der Waals surface area (Å²) in [4.78, 5) is 0. The number of ether oxygens (including phenoxy) is 1. The summed E-state index contributed by atoms with van der Waals surface area (Å²) < 4.78 is 35.1. The third-order valence-electron chi connectivity index (χ3n) is 8.84. The zero-order valence-corrected chi connectivity index (χ0v) is 21.3.